The van der Waals surface area contributed by atoms with Crippen LogP contribution in [0.1, 0.15) is 30.6 Å². The second kappa shape index (κ2) is 8.15. The molecule has 0 saturated heterocycles. The fraction of sp³-hybridized carbons (Fsp3) is 0.538. The van der Waals surface area contributed by atoms with Gasteiger partial charge < -0.3 is 0 Å². The van der Waals surface area contributed by atoms with Crippen molar-refractivity contribution in [1.82, 2.24) is 4.90 Å². The van der Waals surface area contributed by atoms with Crippen molar-refractivity contribution >= 4 is 49.0 Å². The topological polar surface area (TPSA) is 44.1 Å². The van der Waals surface area contributed by atoms with E-state index in [2.05, 4.69) is 51.8 Å². The summed E-state index contributed by atoms with van der Waals surface area (Å²) in [5.74, 6) is 0.566. The fourth-order valence-corrected chi connectivity index (χ4v) is 4.63. The van der Waals surface area contributed by atoms with E-state index in [9.17, 15) is 4.79 Å². The summed E-state index contributed by atoms with van der Waals surface area (Å²) in [4.78, 5) is 14.3. The molecule has 0 radical (unpaired) electrons. The van der Waals surface area contributed by atoms with Crippen LogP contribution in [0, 0.1) is 17.2 Å². The van der Waals surface area contributed by atoms with Gasteiger partial charge >= 0.3 is 0 Å². The minimum Gasteiger partial charge on any atom is -0.295 e. The molecule has 0 bridgehead atoms. The van der Waals surface area contributed by atoms with Gasteiger partial charge in [-0.25, -0.2) is 0 Å². The second-order valence-corrected chi connectivity index (χ2v) is 8.45. The van der Waals surface area contributed by atoms with Gasteiger partial charge in [0.05, 0.1) is 20.2 Å². The van der Waals surface area contributed by atoms with E-state index in [-0.39, 0.29) is 5.78 Å². The number of nitrogens with zero attached hydrogens (tertiary/aromatic N) is 2. The van der Waals surface area contributed by atoms with Gasteiger partial charge in [0.1, 0.15) is 0 Å². The number of hydrogen-bond acceptors (Lipinski definition) is 4. The summed E-state index contributed by atoms with van der Waals surface area (Å²) < 4.78 is 1.80. The van der Waals surface area contributed by atoms with Crippen LogP contribution < -0.4 is 0 Å². The molecule has 104 valence electrons. The van der Waals surface area contributed by atoms with Crippen molar-refractivity contribution < 1.29 is 4.79 Å². The lowest BCUT2D eigenvalue weighted by Crippen LogP contribution is -2.33. The van der Waals surface area contributed by atoms with Crippen LogP contribution in [0.3, 0.4) is 0 Å². The van der Waals surface area contributed by atoms with Crippen molar-refractivity contribution in [2.24, 2.45) is 5.92 Å². The summed E-state index contributed by atoms with van der Waals surface area (Å²) in [6.07, 6.45) is 0.453. The van der Waals surface area contributed by atoms with E-state index >= 15 is 0 Å². The summed E-state index contributed by atoms with van der Waals surface area (Å²) in [7, 11) is 0. The van der Waals surface area contributed by atoms with Gasteiger partial charge in [-0.3, -0.25) is 9.69 Å². The Balaban J connectivity index is 2.70. The lowest BCUT2D eigenvalue weighted by molar-refractivity contribution is 0.0923. The summed E-state index contributed by atoms with van der Waals surface area (Å²) in [5, 5.41) is 8.67. The summed E-state index contributed by atoms with van der Waals surface area (Å²) in [5.41, 5.74) is 0.711. The van der Waals surface area contributed by atoms with E-state index in [4.69, 9.17) is 5.26 Å². The smallest absolute Gasteiger partial charge is 0.178 e. The third kappa shape index (κ3) is 5.74. The van der Waals surface area contributed by atoms with Gasteiger partial charge in [0.2, 0.25) is 0 Å². The third-order valence-corrected chi connectivity index (χ3v) is 4.83. The summed E-state index contributed by atoms with van der Waals surface area (Å²) in [6.45, 7) is 6.06. The first-order valence-corrected chi connectivity index (χ1v) is 8.41. The molecule has 1 rings (SSSR count). The Morgan fingerprint density at radius 2 is 2.21 bits per heavy atom. The molecule has 6 heteroatoms. The van der Waals surface area contributed by atoms with E-state index in [1.54, 1.807) is 0 Å². The van der Waals surface area contributed by atoms with Crippen LogP contribution in [0.5, 0.6) is 0 Å². The molecule has 0 spiro atoms. The molecule has 0 aliphatic rings. The van der Waals surface area contributed by atoms with Gasteiger partial charge in [0, 0.05) is 25.1 Å². The van der Waals surface area contributed by atoms with Crippen LogP contribution in [0.2, 0.25) is 0 Å². The normalized spacial score (nSPS) is 11.0. The molecule has 1 aromatic rings. The third-order valence-electron chi connectivity index (χ3n) is 2.49. The van der Waals surface area contributed by atoms with E-state index in [0.29, 0.717) is 31.0 Å². The number of carbonyl (C=O) groups excluding carboxylic acids is 1. The lowest BCUT2D eigenvalue weighted by Gasteiger charge is -2.22. The Kier molecular flexibility index (Phi) is 7.22. The summed E-state index contributed by atoms with van der Waals surface area (Å²) in [6, 6.07) is 3.97. The molecule has 0 atom stereocenters. The minimum absolute atomic E-state index is 0.0902. The monoisotopic (exact) mass is 406 g/mol. The molecule has 0 aliphatic heterocycles. The molecule has 1 heterocycles. The molecule has 0 aliphatic carbocycles. The minimum atomic E-state index is 0.0902. The highest BCUT2D eigenvalue weighted by Crippen LogP contribution is 2.32. The molecule has 0 unspecified atom stereocenters. The van der Waals surface area contributed by atoms with Crippen molar-refractivity contribution in [3.63, 3.8) is 0 Å². The molecule has 0 fully saturated rings. The van der Waals surface area contributed by atoms with Crippen molar-refractivity contribution in [3.05, 3.63) is 19.2 Å². The highest BCUT2D eigenvalue weighted by molar-refractivity contribution is 9.12. The van der Waals surface area contributed by atoms with Crippen molar-refractivity contribution in [2.75, 3.05) is 19.6 Å². The van der Waals surface area contributed by atoms with Gasteiger partial charge in [-0.1, -0.05) is 13.8 Å². The molecule has 3 nitrogen and oxygen atoms in total. The number of ketones is 1. The number of Topliss-reactive ketones (excluding diaryl/α,β-unsaturated/α-hetero) is 1. The molecule has 19 heavy (non-hydrogen) atoms. The maximum atomic E-state index is 12.3. The number of halogens is 2. The van der Waals surface area contributed by atoms with Crippen molar-refractivity contribution in [1.29, 1.82) is 5.26 Å². The number of hydrogen-bond donors (Lipinski definition) is 0. The van der Waals surface area contributed by atoms with Gasteiger partial charge in [-0.05, 0) is 43.8 Å². The molecular formula is C13H16Br2N2OS. The number of nitriles is 1. The van der Waals surface area contributed by atoms with Crippen LogP contribution in [0.15, 0.2) is 13.6 Å². The zero-order valence-electron chi connectivity index (χ0n) is 10.9. The Labute approximate surface area is 134 Å². The van der Waals surface area contributed by atoms with Crippen LogP contribution in [-0.4, -0.2) is 30.3 Å². The SMILES string of the molecule is CC(C)CN(CCC#N)CC(=O)c1cc(Br)sc1Br. The van der Waals surface area contributed by atoms with E-state index in [1.165, 1.54) is 11.3 Å². The van der Waals surface area contributed by atoms with E-state index in [1.807, 2.05) is 11.0 Å². The van der Waals surface area contributed by atoms with Gasteiger partial charge in [0.25, 0.3) is 0 Å². The fourth-order valence-electron chi connectivity index (χ4n) is 1.78. The van der Waals surface area contributed by atoms with Gasteiger partial charge in [-0.15, -0.1) is 11.3 Å². The Morgan fingerprint density at radius 1 is 1.53 bits per heavy atom. The number of rotatable bonds is 7. The van der Waals surface area contributed by atoms with Gasteiger partial charge in [-0.2, -0.15) is 5.26 Å². The first-order valence-electron chi connectivity index (χ1n) is 6.01. The van der Waals surface area contributed by atoms with Crippen LogP contribution in [-0.2, 0) is 0 Å². The largest absolute Gasteiger partial charge is 0.295 e. The molecule has 1 aromatic heterocycles. The first-order chi connectivity index (χ1) is 8.93. The van der Waals surface area contributed by atoms with E-state index < -0.39 is 0 Å². The lowest BCUT2D eigenvalue weighted by atomic mass is 10.1. The zero-order valence-corrected chi connectivity index (χ0v) is 14.9. The predicted molar refractivity (Wildman–Crippen MR) is 85.6 cm³/mol. The van der Waals surface area contributed by atoms with E-state index in [0.717, 1.165) is 14.1 Å². The van der Waals surface area contributed by atoms with Crippen LogP contribution >= 0.6 is 43.2 Å². The second-order valence-electron chi connectivity index (χ2n) is 4.70. The average Bonchev–Trinajstić information content (AvgIpc) is 2.64. The highest BCUT2D eigenvalue weighted by Gasteiger charge is 2.17. The Hall–Kier alpha value is -0.220. The van der Waals surface area contributed by atoms with Gasteiger partial charge in [0.15, 0.2) is 5.78 Å². The molecule has 0 amide bonds. The van der Waals surface area contributed by atoms with Crippen molar-refractivity contribution in [3.8, 4) is 6.07 Å². The molecule has 0 saturated carbocycles. The maximum Gasteiger partial charge on any atom is 0.178 e. The Bertz CT molecular complexity index is 479. The first kappa shape index (κ1) is 16.8. The van der Waals surface area contributed by atoms with Crippen molar-refractivity contribution in [2.45, 2.75) is 20.3 Å². The van der Waals surface area contributed by atoms with Crippen LogP contribution in [0.4, 0.5) is 0 Å². The number of thiophene rings is 1. The summed E-state index contributed by atoms with van der Waals surface area (Å²) >= 11 is 8.29. The Morgan fingerprint density at radius 3 is 2.68 bits per heavy atom. The standard InChI is InChI=1S/C13H16Br2N2OS/c1-9(2)7-17(5-3-4-16)8-11(18)10-6-12(14)19-13(10)15/h6,9H,3,5,7-8H2,1-2H3. The zero-order chi connectivity index (χ0) is 14.4. The maximum absolute atomic E-state index is 12.3. The average molecular weight is 408 g/mol. The van der Waals surface area contributed by atoms with Crippen LogP contribution in [0.25, 0.3) is 0 Å². The molecule has 0 N–H and O–H groups in total. The quantitative estimate of drug-likeness (QED) is 0.632. The number of carbonyl (C=O) groups is 1. The molecular weight excluding hydrogens is 392 g/mol. The molecule has 0 aromatic carbocycles. The predicted octanol–water partition coefficient (Wildman–Crippen LogP) is 4.33. The highest BCUT2D eigenvalue weighted by atomic mass is 79.9.